The summed E-state index contributed by atoms with van der Waals surface area (Å²) in [6, 6.07) is 8.86. The highest BCUT2D eigenvalue weighted by Gasteiger charge is 1.99. The lowest BCUT2D eigenvalue weighted by molar-refractivity contribution is 0.725. The monoisotopic (exact) mass is 206 g/mol. The molecule has 0 N–H and O–H groups in total. The third-order valence-corrected chi connectivity index (χ3v) is 3.09. The van der Waals surface area contributed by atoms with Gasteiger partial charge in [-0.25, -0.2) is 0 Å². The quantitative estimate of drug-likeness (QED) is 0.515. The standard InChI is InChI=1S/C13H18S/c1-4-11(3)10-12-6-8-13(9-7-12)14-5-2/h4,6-9,11H,1,5,10H2,2-3H3. The second kappa shape index (κ2) is 5.92. The van der Waals surface area contributed by atoms with Crippen LogP contribution in [0.2, 0.25) is 0 Å². The Bertz CT molecular complexity index is 274. The van der Waals surface area contributed by atoms with Crippen LogP contribution in [0.1, 0.15) is 19.4 Å². The lowest BCUT2D eigenvalue weighted by Gasteiger charge is -2.06. The summed E-state index contributed by atoms with van der Waals surface area (Å²) >= 11 is 1.89. The summed E-state index contributed by atoms with van der Waals surface area (Å²) in [6.45, 7) is 8.17. The van der Waals surface area contributed by atoms with Gasteiger partial charge in [0, 0.05) is 4.90 Å². The van der Waals surface area contributed by atoms with Crippen molar-refractivity contribution in [1.29, 1.82) is 0 Å². The molecule has 0 saturated carbocycles. The van der Waals surface area contributed by atoms with Gasteiger partial charge in [-0.05, 0) is 35.8 Å². The molecule has 0 aromatic heterocycles. The summed E-state index contributed by atoms with van der Waals surface area (Å²) in [5, 5.41) is 0. The van der Waals surface area contributed by atoms with Crippen molar-refractivity contribution in [2.45, 2.75) is 25.2 Å². The maximum atomic E-state index is 3.80. The molecule has 1 aromatic carbocycles. The third kappa shape index (κ3) is 3.59. The molecule has 0 radical (unpaired) electrons. The van der Waals surface area contributed by atoms with Gasteiger partial charge in [0.1, 0.15) is 0 Å². The van der Waals surface area contributed by atoms with E-state index >= 15 is 0 Å². The summed E-state index contributed by atoms with van der Waals surface area (Å²) in [5.41, 5.74) is 1.40. The average Bonchev–Trinajstić information content (AvgIpc) is 2.21. The first-order valence-corrected chi connectivity index (χ1v) is 6.09. The summed E-state index contributed by atoms with van der Waals surface area (Å²) in [6.07, 6.45) is 3.11. The normalized spacial score (nSPS) is 12.4. The molecule has 14 heavy (non-hydrogen) atoms. The fourth-order valence-electron chi connectivity index (χ4n) is 1.34. The topological polar surface area (TPSA) is 0 Å². The van der Waals surface area contributed by atoms with Gasteiger partial charge in [-0.1, -0.05) is 32.1 Å². The first kappa shape index (κ1) is 11.4. The van der Waals surface area contributed by atoms with Crippen molar-refractivity contribution in [3.8, 4) is 0 Å². The first-order chi connectivity index (χ1) is 6.76. The van der Waals surface area contributed by atoms with Gasteiger partial charge in [-0.15, -0.1) is 18.3 Å². The minimum absolute atomic E-state index is 0.569. The van der Waals surface area contributed by atoms with Crippen LogP contribution in [-0.2, 0) is 6.42 Å². The molecule has 76 valence electrons. The molecule has 0 aliphatic carbocycles. The molecular formula is C13H18S. The van der Waals surface area contributed by atoms with Crippen molar-refractivity contribution >= 4 is 11.8 Å². The molecule has 0 amide bonds. The molecule has 0 saturated heterocycles. The molecule has 0 bridgehead atoms. The first-order valence-electron chi connectivity index (χ1n) is 5.10. The van der Waals surface area contributed by atoms with Crippen LogP contribution in [0.4, 0.5) is 0 Å². The van der Waals surface area contributed by atoms with Crippen molar-refractivity contribution in [1.82, 2.24) is 0 Å². The predicted molar refractivity (Wildman–Crippen MR) is 65.9 cm³/mol. The number of benzene rings is 1. The van der Waals surface area contributed by atoms with E-state index in [2.05, 4.69) is 44.7 Å². The fraction of sp³-hybridized carbons (Fsp3) is 0.385. The summed E-state index contributed by atoms with van der Waals surface area (Å²) in [5.74, 6) is 1.71. The molecular weight excluding hydrogens is 188 g/mol. The van der Waals surface area contributed by atoms with Crippen LogP contribution in [-0.4, -0.2) is 5.75 Å². The van der Waals surface area contributed by atoms with E-state index in [9.17, 15) is 0 Å². The maximum absolute atomic E-state index is 3.80. The maximum Gasteiger partial charge on any atom is 0.00720 e. The van der Waals surface area contributed by atoms with Gasteiger partial charge in [-0.2, -0.15) is 0 Å². The Labute approximate surface area is 91.4 Å². The van der Waals surface area contributed by atoms with E-state index in [1.807, 2.05) is 17.8 Å². The zero-order valence-corrected chi connectivity index (χ0v) is 9.81. The highest BCUT2D eigenvalue weighted by Crippen LogP contribution is 2.19. The molecule has 1 atom stereocenters. The molecule has 1 rings (SSSR count). The number of hydrogen-bond acceptors (Lipinski definition) is 1. The molecule has 0 aliphatic rings. The summed E-state index contributed by atoms with van der Waals surface area (Å²) in [7, 11) is 0. The SMILES string of the molecule is C=CC(C)Cc1ccc(SCC)cc1. The highest BCUT2D eigenvalue weighted by molar-refractivity contribution is 7.99. The van der Waals surface area contributed by atoms with Crippen LogP contribution in [0.5, 0.6) is 0 Å². The Kier molecular flexibility index (Phi) is 4.81. The molecule has 0 fully saturated rings. The van der Waals surface area contributed by atoms with Gasteiger partial charge in [0.15, 0.2) is 0 Å². The number of hydrogen-bond donors (Lipinski definition) is 0. The highest BCUT2D eigenvalue weighted by atomic mass is 32.2. The van der Waals surface area contributed by atoms with Gasteiger partial charge in [-0.3, -0.25) is 0 Å². The second-order valence-electron chi connectivity index (χ2n) is 3.49. The van der Waals surface area contributed by atoms with Crippen LogP contribution in [0.3, 0.4) is 0 Å². The lowest BCUT2D eigenvalue weighted by Crippen LogP contribution is -1.94. The number of thioether (sulfide) groups is 1. The molecule has 1 unspecified atom stereocenters. The molecule has 1 heteroatoms. The van der Waals surface area contributed by atoms with Crippen LogP contribution in [0, 0.1) is 5.92 Å². The minimum atomic E-state index is 0.569. The Morgan fingerprint density at radius 2 is 2.00 bits per heavy atom. The fourth-order valence-corrected chi connectivity index (χ4v) is 2.01. The second-order valence-corrected chi connectivity index (χ2v) is 4.83. The zero-order valence-electron chi connectivity index (χ0n) is 8.99. The van der Waals surface area contributed by atoms with E-state index in [0.29, 0.717) is 5.92 Å². The Morgan fingerprint density at radius 3 is 2.50 bits per heavy atom. The molecule has 0 nitrogen and oxygen atoms in total. The van der Waals surface area contributed by atoms with Gasteiger partial charge >= 0.3 is 0 Å². The smallest absolute Gasteiger partial charge is 0.00720 e. The van der Waals surface area contributed by atoms with Crippen molar-refractivity contribution in [3.63, 3.8) is 0 Å². The van der Waals surface area contributed by atoms with Gasteiger partial charge in [0.25, 0.3) is 0 Å². The van der Waals surface area contributed by atoms with Crippen molar-refractivity contribution in [3.05, 3.63) is 42.5 Å². The number of allylic oxidation sites excluding steroid dienone is 1. The van der Waals surface area contributed by atoms with Crippen molar-refractivity contribution in [2.75, 3.05) is 5.75 Å². The van der Waals surface area contributed by atoms with Gasteiger partial charge in [0.2, 0.25) is 0 Å². The van der Waals surface area contributed by atoms with E-state index in [1.165, 1.54) is 10.5 Å². The van der Waals surface area contributed by atoms with E-state index in [4.69, 9.17) is 0 Å². The largest absolute Gasteiger partial charge is 0.126 e. The Morgan fingerprint density at radius 1 is 1.36 bits per heavy atom. The summed E-state index contributed by atoms with van der Waals surface area (Å²) < 4.78 is 0. The molecule has 0 heterocycles. The average molecular weight is 206 g/mol. The van der Waals surface area contributed by atoms with Crippen molar-refractivity contribution < 1.29 is 0 Å². The molecule has 1 aromatic rings. The van der Waals surface area contributed by atoms with E-state index in [1.54, 1.807) is 0 Å². The van der Waals surface area contributed by atoms with Crippen molar-refractivity contribution in [2.24, 2.45) is 5.92 Å². The van der Waals surface area contributed by atoms with Crippen LogP contribution >= 0.6 is 11.8 Å². The Balaban J connectivity index is 2.59. The molecule has 0 aliphatic heterocycles. The number of rotatable bonds is 5. The summed E-state index contributed by atoms with van der Waals surface area (Å²) in [4.78, 5) is 1.36. The van der Waals surface area contributed by atoms with E-state index in [0.717, 1.165) is 12.2 Å². The zero-order chi connectivity index (χ0) is 10.4. The van der Waals surface area contributed by atoms with Crippen LogP contribution in [0.25, 0.3) is 0 Å². The van der Waals surface area contributed by atoms with E-state index < -0.39 is 0 Å². The van der Waals surface area contributed by atoms with Gasteiger partial charge in [0.05, 0.1) is 0 Å². The van der Waals surface area contributed by atoms with Crippen LogP contribution < -0.4 is 0 Å². The predicted octanol–water partition coefficient (Wildman–Crippen LogP) is 4.16. The third-order valence-electron chi connectivity index (χ3n) is 2.19. The van der Waals surface area contributed by atoms with E-state index in [-0.39, 0.29) is 0 Å². The van der Waals surface area contributed by atoms with Crippen LogP contribution in [0.15, 0.2) is 41.8 Å². The molecule has 0 spiro atoms. The Hall–Kier alpha value is -0.690. The lowest BCUT2D eigenvalue weighted by atomic mass is 10.0. The minimum Gasteiger partial charge on any atom is -0.126 e. The van der Waals surface area contributed by atoms with Gasteiger partial charge < -0.3 is 0 Å².